The molecule has 118 valence electrons. The summed E-state index contributed by atoms with van der Waals surface area (Å²) in [5.41, 5.74) is 6.98. The van der Waals surface area contributed by atoms with Gasteiger partial charge in [-0.05, 0) is 49.4 Å². The highest BCUT2D eigenvalue weighted by atomic mass is 32.1. The van der Waals surface area contributed by atoms with Crippen molar-refractivity contribution < 1.29 is 4.74 Å². The van der Waals surface area contributed by atoms with Crippen LogP contribution in [0.15, 0.2) is 46.8 Å². The van der Waals surface area contributed by atoms with Crippen molar-refractivity contribution >= 4 is 17.3 Å². The van der Waals surface area contributed by atoms with Gasteiger partial charge in [0.1, 0.15) is 5.75 Å². The van der Waals surface area contributed by atoms with E-state index in [2.05, 4.69) is 27.8 Å². The second-order valence-corrected chi connectivity index (χ2v) is 6.30. The Morgan fingerprint density at radius 1 is 1.27 bits per heavy atom. The maximum Gasteiger partial charge on any atom is 0.188 e. The third kappa shape index (κ3) is 5.77. The van der Waals surface area contributed by atoms with Gasteiger partial charge in [-0.2, -0.15) is 0 Å². The Labute approximate surface area is 136 Å². The van der Waals surface area contributed by atoms with Gasteiger partial charge in [-0.3, -0.25) is 0 Å². The van der Waals surface area contributed by atoms with E-state index in [9.17, 15) is 0 Å². The molecule has 0 aliphatic rings. The number of nitrogens with zero attached hydrogens (tertiary/aromatic N) is 1. The zero-order chi connectivity index (χ0) is 15.8. The van der Waals surface area contributed by atoms with Crippen molar-refractivity contribution in [3.8, 4) is 5.75 Å². The van der Waals surface area contributed by atoms with Gasteiger partial charge in [0.25, 0.3) is 0 Å². The van der Waals surface area contributed by atoms with Crippen LogP contribution in [0, 0.1) is 0 Å². The summed E-state index contributed by atoms with van der Waals surface area (Å²) in [6.07, 6.45) is 1.15. The zero-order valence-electron chi connectivity index (χ0n) is 13.1. The van der Waals surface area contributed by atoms with Crippen LogP contribution in [0.2, 0.25) is 0 Å². The van der Waals surface area contributed by atoms with Crippen LogP contribution in [-0.2, 0) is 13.0 Å². The average molecular weight is 317 g/mol. The summed E-state index contributed by atoms with van der Waals surface area (Å²) in [7, 11) is 0. The number of hydrogen-bond acceptors (Lipinski definition) is 3. The van der Waals surface area contributed by atoms with Crippen molar-refractivity contribution in [2.75, 3.05) is 6.54 Å². The van der Waals surface area contributed by atoms with E-state index in [4.69, 9.17) is 10.5 Å². The van der Waals surface area contributed by atoms with Gasteiger partial charge in [0, 0.05) is 11.4 Å². The Balaban J connectivity index is 1.75. The fourth-order valence-electron chi connectivity index (χ4n) is 1.95. The summed E-state index contributed by atoms with van der Waals surface area (Å²) in [5, 5.41) is 5.22. The zero-order valence-corrected chi connectivity index (χ0v) is 13.9. The Bertz CT molecular complexity index is 576. The molecule has 0 saturated heterocycles. The van der Waals surface area contributed by atoms with Crippen LogP contribution in [0.4, 0.5) is 0 Å². The van der Waals surface area contributed by atoms with Crippen molar-refractivity contribution in [1.29, 1.82) is 0 Å². The van der Waals surface area contributed by atoms with E-state index >= 15 is 0 Å². The molecule has 2 rings (SSSR count). The lowest BCUT2D eigenvalue weighted by Crippen LogP contribution is -2.33. The van der Waals surface area contributed by atoms with Crippen LogP contribution in [0.1, 0.15) is 24.3 Å². The molecule has 2 aromatic rings. The van der Waals surface area contributed by atoms with Gasteiger partial charge in [-0.25, -0.2) is 4.99 Å². The van der Waals surface area contributed by atoms with E-state index in [1.165, 1.54) is 4.88 Å². The topological polar surface area (TPSA) is 59.6 Å². The van der Waals surface area contributed by atoms with Gasteiger partial charge < -0.3 is 15.8 Å². The predicted molar refractivity (Wildman–Crippen MR) is 93.6 cm³/mol. The SMILES string of the molecule is CC(C)Oc1ccc(CN=C(N)NCCc2cccs2)cc1. The van der Waals surface area contributed by atoms with Crippen LogP contribution in [0.3, 0.4) is 0 Å². The first-order valence-corrected chi connectivity index (χ1v) is 8.33. The second kappa shape index (κ2) is 8.44. The fourth-order valence-corrected chi connectivity index (χ4v) is 2.66. The molecule has 0 aliphatic carbocycles. The number of guanidine groups is 1. The molecule has 0 saturated carbocycles. The molecule has 1 aromatic carbocycles. The van der Waals surface area contributed by atoms with E-state index in [1.54, 1.807) is 11.3 Å². The van der Waals surface area contributed by atoms with Crippen LogP contribution in [0.25, 0.3) is 0 Å². The maximum absolute atomic E-state index is 5.87. The van der Waals surface area contributed by atoms with Crippen molar-refractivity contribution in [3.63, 3.8) is 0 Å². The van der Waals surface area contributed by atoms with Gasteiger partial charge in [-0.15, -0.1) is 11.3 Å². The van der Waals surface area contributed by atoms with E-state index in [0.29, 0.717) is 12.5 Å². The van der Waals surface area contributed by atoms with Crippen molar-refractivity contribution in [1.82, 2.24) is 5.32 Å². The monoisotopic (exact) mass is 317 g/mol. The normalized spacial score (nSPS) is 11.7. The molecule has 0 bridgehead atoms. The van der Waals surface area contributed by atoms with E-state index in [0.717, 1.165) is 24.3 Å². The highest BCUT2D eigenvalue weighted by molar-refractivity contribution is 7.09. The number of benzene rings is 1. The van der Waals surface area contributed by atoms with Gasteiger partial charge >= 0.3 is 0 Å². The first-order valence-electron chi connectivity index (χ1n) is 7.45. The van der Waals surface area contributed by atoms with Gasteiger partial charge in [-0.1, -0.05) is 18.2 Å². The number of rotatable bonds is 7. The third-order valence-electron chi connectivity index (χ3n) is 2.98. The molecule has 0 amide bonds. The minimum absolute atomic E-state index is 0.187. The standard InChI is InChI=1S/C17H23N3OS/c1-13(2)21-15-7-5-14(6-8-15)12-20-17(18)19-10-9-16-4-3-11-22-16/h3-8,11,13H,9-10,12H2,1-2H3,(H3,18,19,20). The number of ether oxygens (including phenoxy) is 1. The Morgan fingerprint density at radius 2 is 2.05 bits per heavy atom. The number of hydrogen-bond donors (Lipinski definition) is 2. The maximum atomic E-state index is 5.87. The fraction of sp³-hybridized carbons (Fsp3) is 0.353. The van der Waals surface area contributed by atoms with Crippen molar-refractivity contribution in [2.45, 2.75) is 32.9 Å². The van der Waals surface area contributed by atoms with Crippen LogP contribution < -0.4 is 15.8 Å². The number of nitrogens with two attached hydrogens (primary N) is 1. The Morgan fingerprint density at radius 3 is 2.68 bits per heavy atom. The molecular weight excluding hydrogens is 294 g/mol. The summed E-state index contributed by atoms with van der Waals surface area (Å²) in [6, 6.07) is 12.1. The molecule has 3 N–H and O–H groups in total. The van der Waals surface area contributed by atoms with E-state index < -0.39 is 0 Å². The number of nitrogens with one attached hydrogen (secondary N) is 1. The van der Waals surface area contributed by atoms with Crippen LogP contribution in [-0.4, -0.2) is 18.6 Å². The summed E-state index contributed by atoms with van der Waals surface area (Å²) in [5.74, 6) is 1.36. The molecule has 0 unspecified atom stereocenters. The quantitative estimate of drug-likeness (QED) is 0.609. The first-order chi connectivity index (χ1) is 10.6. The summed E-state index contributed by atoms with van der Waals surface area (Å²) in [6.45, 7) is 5.40. The van der Waals surface area contributed by atoms with Crippen molar-refractivity contribution in [2.24, 2.45) is 10.7 Å². The van der Waals surface area contributed by atoms with E-state index in [-0.39, 0.29) is 6.10 Å². The molecule has 5 heteroatoms. The molecule has 0 atom stereocenters. The lowest BCUT2D eigenvalue weighted by atomic mass is 10.2. The average Bonchev–Trinajstić information content (AvgIpc) is 2.99. The molecule has 0 aliphatic heterocycles. The smallest absolute Gasteiger partial charge is 0.188 e. The summed E-state index contributed by atoms with van der Waals surface area (Å²) >= 11 is 1.76. The van der Waals surface area contributed by atoms with Crippen LogP contribution in [0.5, 0.6) is 5.75 Å². The molecule has 1 aromatic heterocycles. The second-order valence-electron chi connectivity index (χ2n) is 5.27. The summed E-state index contributed by atoms with van der Waals surface area (Å²) in [4.78, 5) is 5.70. The Kier molecular flexibility index (Phi) is 6.27. The third-order valence-corrected chi connectivity index (χ3v) is 3.92. The molecule has 0 fully saturated rings. The lowest BCUT2D eigenvalue weighted by molar-refractivity contribution is 0.242. The van der Waals surface area contributed by atoms with Gasteiger partial charge in [0.15, 0.2) is 5.96 Å². The molecule has 0 spiro atoms. The lowest BCUT2D eigenvalue weighted by Gasteiger charge is -2.09. The highest BCUT2D eigenvalue weighted by Crippen LogP contribution is 2.14. The number of thiophene rings is 1. The van der Waals surface area contributed by atoms with Crippen LogP contribution >= 0.6 is 11.3 Å². The Hall–Kier alpha value is -2.01. The minimum Gasteiger partial charge on any atom is -0.491 e. The minimum atomic E-state index is 0.187. The first kappa shape index (κ1) is 16.4. The number of aliphatic imine (C=N–C) groups is 1. The largest absolute Gasteiger partial charge is 0.491 e. The summed E-state index contributed by atoms with van der Waals surface area (Å²) < 4.78 is 5.61. The molecular formula is C17H23N3OS. The van der Waals surface area contributed by atoms with Crippen molar-refractivity contribution in [3.05, 3.63) is 52.2 Å². The van der Waals surface area contributed by atoms with Gasteiger partial charge in [0.05, 0.1) is 12.6 Å². The van der Waals surface area contributed by atoms with Gasteiger partial charge in [0.2, 0.25) is 0 Å². The highest BCUT2D eigenvalue weighted by Gasteiger charge is 1.99. The van der Waals surface area contributed by atoms with E-state index in [1.807, 2.05) is 38.1 Å². The molecule has 0 radical (unpaired) electrons. The molecule has 4 nitrogen and oxygen atoms in total. The predicted octanol–water partition coefficient (Wildman–Crippen LogP) is 3.18. The molecule has 22 heavy (non-hydrogen) atoms. The molecule has 1 heterocycles.